The van der Waals surface area contributed by atoms with Crippen LogP contribution in [0, 0.1) is 0 Å². The molecule has 0 unspecified atom stereocenters. The summed E-state index contributed by atoms with van der Waals surface area (Å²) < 4.78 is 11.9. The van der Waals surface area contributed by atoms with Gasteiger partial charge in [0, 0.05) is 17.1 Å². The molecule has 0 radical (unpaired) electrons. The Morgan fingerprint density at radius 1 is 0.968 bits per heavy atom. The molecule has 1 amide bonds. The van der Waals surface area contributed by atoms with Crippen molar-refractivity contribution in [2.24, 2.45) is 0 Å². The molecule has 1 heterocycles. The van der Waals surface area contributed by atoms with Crippen molar-refractivity contribution in [2.45, 2.75) is 6.92 Å². The average molecular weight is 415 g/mol. The highest BCUT2D eigenvalue weighted by molar-refractivity contribution is 6.11. The topological polar surface area (TPSA) is 82.5 Å². The number of aromatic nitrogens is 2. The fourth-order valence-corrected chi connectivity index (χ4v) is 3.27. The van der Waals surface area contributed by atoms with Crippen LogP contribution in [0.4, 0.5) is 5.69 Å². The van der Waals surface area contributed by atoms with Crippen LogP contribution in [0.5, 0.6) is 11.5 Å². The van der Waals surface area contributed by atoms with Crippen LogP contribution in [-0.4, -0.2) is 29.4 Å². The van der Waals surface area contributed by atoms with Crippen LogP contribution in [0.2, 0.25) is 0 Å². The standard InChI is InChI=1S/C24H21N3O4/c1-3-31-18-13-11-17(12-14-18)27-24(29)21-10-5-4-9-20(21)22(26-27)23(28)25-16-7-6-8-19(15-16)30-2/h4-15H,3H2,1-2H3,(H,25,28). The minimum Gasteiger partial charge on any atom is -0.497 e. The lowest BCUT2D eigenvalue weighted by molar-refractivity contribution is 0.102. The van der Waals surface area contributed by atoms with Gasteiger partial charge >= 0.3 is 0 Å². The van der Waals surface area contributed by atoms with E-state index in [-0.39, 0.29) is 11.3 Å². The van der Waals surface area contributed by atoms with E-state index in [1.54, 1.807) is 79.9 Å². The molecule has 0 aliphatic heterocycles. The molecule has 0 atom stereocenters. The number of rotatable bonds is 6. The Balaban J connectivity index is 1.80. The number of anilines is 1. The van der Waals surface area contributed by atoms with Crippen LogP contribution in [-0.2, 0) is 0 Å². The van der Waals surface area contributed by atoms with Gasteiger partial charge in [-0.25, -0.2) is 0 Å². The minimum atomic E-state index is -0.427. The van der Waals surface area contributed by atoms with Crippen LogP contribution in [0.25, 0.3) is 16.5 Å². The third-order valence-corrected chi connectivity index (χ3v) is 4.74. The number of benzene rings is 3. The Labute approximate surface area is 178 Å². The summed E-state index contributed by atoms with van der Waals surface area (Å²) in [5.74, 6) is 0.884. The number of fused-ring (bicyclic) bond motifs is 1. The fraction of sp³-hybridized carbons (Fsp3) is 0.125. The van der Waals surface area contributed by atoms with Gasteiger partial charge in [-0.05, 0) is 49.4 Å². The predicted molar refractivity (Wildman–Crippen MR) is 119 cm³/mol. The number of hydrogen-bond acceptors (Lipinski definition) is 5. The Bertz CT molecular complexity index is 1300. The van der Waals surface area contributed by atoms with E-state index >= 15 is 0 Å². The summed E-state index contributed by atoms with van der Waals surface area (Å²) in [5.41, 5.74) is 0.938. The van der Waals surface area contributed by atoms with Crippen LogP contribution in [0.3, 0.4) is 0 Å². The Hall–Kier alpha value is -4.13. The minimum absolute atomic E-state index is 0.145. The molecule has 4 rings (SSSR count). The molecular weight excluding hydrogens is 394 g/mol. The van der Waals surface area contributed by atoms with Crippen molar-refractivity contribution >= 4 is 22.4 Å². The first-order chi connectivity index (χ1) is 15.1. The number of hydrogen-bond donors (Lipinski definition) is 1. The van der Waals surface area contributed by atoms with Crippen LogP contribution < -0.4 is 20.3 Å². The van der Waals surface area contributed by atoms with Crippen molar-refractivity contribution in [3.63, 3.8) is 0 Å². The SMILES string of the molecule is CCOc1ccc(-n2nc(C(=O)Nc3cccc(OC)c3)c3ccccc3c2=O)cc1. The zero-order chi connectivity index (χ0) is 21.8. The van der Waals surface area contributed by atoms with Gasteiger partial charge in [-0.1, -0.05) is 24.3 Å². The van der Waals surface area contributed by atoms with E-state index in [1.807, 2.05) is 6.92 Å². The van der Waals surface area contributed by atoms with Gasteiger partial charge in [0.2, 0.25) is 0 Å². The Kier molecular flexibility index (Phi) is 5.66. The third-order valence-electron chi connectivity index (χ3n) is 4.74. The van der Waals surface area contributed by atoms with Gasteiger partial charge in [0.1, 0.15) is 11.5 Å². The molecule has 0 aliphatic carbocycles. The van der Waals surface area contributed by atoms with Crippen LogP contribution >= 0.6 is 0 Å². The quantitative estimate of drug-likeness (QED) is 0.514. The third kappa shape index (κ3) is 4.11. The molecule has 0 aliphatic rings. The van der Waals surface area contributed by atoms with E-state index < -0.39 is 5.91 Å². The van der Waals surface area contributed by atoms with Gasteiger partial charge in [0.15, 0.2) is 5.69 Å². The molecule has 31 heavy (non-hydrogen) atoms. The van der Waals surface area contributed by atoms with E-state index in [0.29, 0.717) is 40.3 Å². The molecule has 7 nitrogen and oxygen atoms in total. The molecule has 4 aromatic rings. The van der Waals surface area contributed by atoms with E-state index in [4.69, 9.17) is 9.47 Å². The smallest absolute Gasteiger partial charge is 0.279 e. The molecular formula is C24H21N3O4. The Morgan fingerprint density at radius 3 is 2.42 bits per heavy atom. The van der Waals surface area contributed by atoms with E-state index in [9.17, 15) is 9.59 Å². The summed E-state index contributed by atoms with van der Waals surface area (Å²) >= 11 is 0. The normalized spacial score (nSPS) is 10.6. The van der Waals surface area contributed by atoms with Crippen LogP contribution in [0.15, 0.2) is 77.6 Å². The largest absolute Gasteiger partial charge is 0.497 e. The Morgan fingerprint density at radius 2 is 1.71 bits per heavy atom. The first-order valence-electron chi connectivity index (χ1n) is 9.81. The van der Waals surface area contributed by atoms with Gasteiger partial charge in [0.25, 0.3) is 11.5 Å². The lowest BCUT2D eigenvalue weighted by atomic mass is 10.1. The van der Waals surface area contributed by atoms with Crippen molar-refractivity contribution in [1.29, 1.82) is 0 Å². The second-order valence-electron chi connectivity index (χ2n) is 6.72. The van der Waals surface area contributed by atoms with Crippen molar-refractivity contribution in [3.05, 3.63) is 88.8 Å². The lowest BCUT2D eigenvalue weighted by Crippen LogP contribution is -2.26. The van der Waals surface area contributed by atoms with Crippen molar-refractivity contribution < 1.29 is 14.3 Å². The number of ether oxygens (including phenoxy) is 2. The number of methoxy groups -OCH3 is 1. The lowest BCUT2D eigenvalue weighted by Gasteiger charge is -2.12. The molecule has 0 saturated heterocycles. The predicted octanol–water partition coefficient (Wildman–Crippen LogP) is 4.05. The highest BCUT2D eigenvalue weighted by Crippen LogP contribution is 2.20. The first-order valence-corrected chi connectivity index (χ1v) is 9.81. The van der Waals surface area contributed by atoms with Gasteiger partial charge in [-0.2, -0.15) is 9.78 Å². The molecule has 0 fully saturated rings. The number of carbonyl (C=O) groups is 1. The summed E-state index contributed by atoms with van der Waals surface area (Å²) in [6.45, 7) is 2.44. The maximum absolute atomic E-state index is 13.1. The van der Waals surface area contributed by atoms with Gasteiger partial charge < -0.3 is 14.8 Å². The average Bonchev–Trinajstić information content (AvgIpc) is 2.80. The van der Waals surface area contributed by atoms with Crippen molar-refractivity contribution in [1.82, 2.24) is 9.78 Å². The summed E-state index contributed by atoms with van der Waals surface area (Å²) in [5, 5.41) is 8.12. The van der Waals surface area contributed by atoms with E-state index in [0.717, 1.165) is 0 Å². The monoisotopic (exact) mass is 415 g/mol. The molecule has 7 heteroatoms. The maximum atomic E-state index is 13.1. The molecule has 0 bridgehead atoms. The summed E-state index contributed by atoms with van der Waals surface area (Å²) in [6.07, 6.45) is 0. The highest BCUT2D eigenvalue weighted by atomic mass is 16.5. The molecule has 0 spiro atoms. The molecule has 1 aromatic heterocycles. The van der Waals surface area contributed by atoms with Gasteiger partial charge in [-0.3, -0.25) is 9.59 Å². The van der Waals surface area contributed by atoms with Gasteiger partial charge in [0.05, 0.1) is 24.8 Å². The number of carbonyl (C=O) groups excluding carboxylic acids is 1. The van der Waals surface area contributed by atoms with Gasteiger partial charge in [-0.15, -0.1) is 0 Å². The number of amides is 1. The van der Waals surface area contributed by atoms with E-state index in [2.05, 4.69) is 10.4 Å². The second-order valence-corrected chi connectivity index (χ2v) is 6.72. The van der Waals surface area contributed by atoms with Crippen LogP contribution in [0.1, 0.15) is 17.4 Å². The molecule has 156 valence electrons. The number of nitrogens with one attached hydrogen (secondary N) is 1. The molecule has 0 saturated carbocycles. The highest BCUT2D eigenvalue weighted by Gasteiger charge is 2.18. The summed E-state index contributed by atoms with van der Waals surface area (Å²) in [6, 6.07) is 21.0. The second kappa shape index (κ2) is 8.71. The maximum Gasteiger partial charge on any atom is 0.279 e. The summed E-state index contributed by atoms with van der Waals surface area (Å²) in [4.78, 5) is 26.2. The first kappa shape index (κ1) is 20.2. The molecule has 3 aromatic carbocycles. The summed E-state index contributed by atoms with van der Waals surface area (Å²) in [7, 11) is 1.56. The van der Waals surface area contributed by atoms with Crippen molar-refractivity contribution in [2.75, 3.05) is 19.0 Å². The number of nitrogens with zero attached hydrogens (tertiary/aromatic N) is 2. The molecule has 1 N–H and O–H groups in total. The van der Waals surface area contributed by atoms with Crippen molar-refractivity contribution in [3.8, 4) is 17.2 Å². The van der Waals surface area contributed by atoms with E-state index in [1.165, 1.54) is 4.68 Å². The fourth-order valence-electron chi connectivity index (χ4n) is 3.27. The zero-order valence-electron chi connectivity index (χ0n) is 17.2. The zero-order valence-corrected chi connectivity index (χ0v) is 17.2.